The summed E-state index contributed by atoms with van der Waals surface area (Å²) in [6, 6.07) is 8.15. The Balaban J connectivity index is 1.81. The van der Waals surface area contributed by atoms with Gasteiger partial charge in [0, 0.05) is 18.5 Å². The van der Waals surface area contributed by atoms with E-state index in [0.717, 1.165) is 40.3 Å². The standard InChI is InChI=1S/C18H20N4O2/c1-3-22-17-13(10-12-7-4-6-11(2)15(12)19-17)16(21-22)20-18(23)14-8-5-9-24-14/h4,6-7,10,14H,3,5,8-9H2,1-2H3,(H,20,21,23)/t14-/m0/s1. The second kappa shape index (κ2) is 5.87. The summed E-state index contributed by atoms with van der Waals surface area (Å²) < 4.78 is 7.28. The SMILES string of the molecule is CCn1nc(NC(=O)[C@@H]2CCCO2)c2cc3cccc(C)c3nc21. The highest BCUT2D eigenvalue weighted by molar-refractivity contribution is 6.04. The van der Waals surface area contributed by atoms with Crippen LogP contribution in [0.15, 0.2) is 24.3 Å². The van der Waals surface area contributed by atoms with Gasteiger partial charge in [0.2, 0.25) is 0 Å². The Morgan fingerprint density at radius 3 is 3.08 bits per heavy atom. The van der Waals surface area contributed by atoms with E-state index in [1.54, 1.807) is 0 Å². The number of aryl methyl sites for hydroxylation is 2. The van der Waals surface area contributed by atoms with Gasteiger partial charge in [0.25, 0.3) is 5.91 Å². The Morgan fingerprint density at radius 1 is 1.46 bits per heavy atom. The summed E-state index contributed by atoms with van der Waals surface area (Å²) in [5.74, 6) is 0.433. The predicted molar refractivity (Wildman–Crippen MR) is 93.0 cm³/mol. The molecule has 1 N–H and O–H groups in total. The number of ether oxygens (including phenoxy) is 1. The van der Waals surface area contributed by atoms with Crippen LogP contribution in [-0.2, 0) is 16.1 Å². The molecule has 3 heterocycles. The Bertz CT molecular complexity index is 926. The van der Waals surface area contributed by atoms with E-state index >= 15 is 0 Å². The highest BCUT2D eigenvalue weighted by Crippen LogP contribution is 2.28. The van der Waals surface area contributed by atoms with Crippen molar-refractivity contribution in [3.63, 3.8) is 0 Å². The number of carbonyl (C=O) groups excluding carboxylic acids is 1. The Labute approximate surface area is 139 Å². The molecule has 0 spiro atoms. The molecule has 1 aliphatic rings. The van der Waals surface area contributed by atoms with E-state index in [4.69, 9.17) is 9.72 Å². The summed E-state index contributed by atoms with van der Waals surface area (Å²) >= 11 is 0. The number of aromatic nitrogens is 3. The molecule has 0 aliphatic carbocycles. The molecule has 0 unspecified atom stereocenters. The predicted octanol–water partition coefficient (Wildman–Crippen LogP) is 3.03. The highest BCUT2D eigenvalue weighted by Gasteiger charge is 2.25. The van der Waals surface area contributed by atoms with Crippen LogP contribution in [0.2, 0.25) is 0 Å². The third-order valence-electron chi connectivity index (χ3n) is 4.51. The lowest BCUT2D eigenvalue weighted by Gasteiger charge is -2.08. The van der Waals surface area contributed by atoms with Gasteiger partial charge >= 0.3 is 0 Å². The second-order valence-electron chi connectivity index (χ2n) is 6.16. The lowest BCUT2D eigenvalue weighted by molar-refractivity contribution is -0.124. The Hall–Kier alpha value is -2.47. The van der Waals surface area contributed by atoms with Gasteiger partial charge in [-0.05, 0) is 38.3 Å². The summed E-state index contributed by atoms with van der Waals surface area (Å²) in [6.45, 7) is 5.40. The van der Waals surface area contributed by atoms with Gasteiger partial charge in [-0.3, -0.25) is 4.79 Å². The lowest BCUT2D eigenvalue weighted by atomic mass is 10.1. The first-order valence-electron chi connectivity index (χ1n) is 8.36. The largest absolute Gasteiger partial charge is 0.368 e. The van der Waals surface area contributed by atoms with Crippen LogP contribution in [0.5, 0.6) is 0 Å². The minimum Gasteiger partial charge on any atom is -0.368 e. The number of carbonyl (C=O) groups is 1. The molecule has 6 heteroatoms. The fourth-order valence-electron chi connectivity index (χ4n) is 3.22. The molecule has 24 heavy (non-hydrogen) atoms. The molecule has 1 amide bonds. The van der Waals surface area contributed by atoms with E-state index in [1.807, 2.05) is 36.7 Å². The number of benzene rings is 1. The van der Waals surface area contributed by atoms with Crippen molar-refractivity contribution >= 4 is 33.7 Å². The fourth-order valence-corrected chi connectivity index (χ4v) is 3.22. The molecule has 124 valence electrons. The van der Waals surface area contributed by atoms with E-state index < -0.39 is 0 Å². The number of rotatable bonds is 3. The Morgan fingerprint density at radius 2 is 2.33 bits per heavy atom. The second-order valence-corrected chi connectivity index (χ2v) is 6.16. The van der Waals surface area contributed by atoms with E-state index in [0.29, 0.717) is 19.0 Å². The summed E-state index contributed by atoms with van der Waals surface area (Å²) in [4.78, 5) is 17.2. The summed E-state index contributed by atoms with van der Waals surface area (Å²) in [7, 11) is 0. The van der Waals surface area contributed by atoms with Crippen molar-refractivity contribution in [3.8, 4) is 0 Å². The number of nitrogens with one attached hydrogen (secondary N) is 1. The molecule has 3 aromatic rings. The van der Waals surface area contributed by atoms with Crippen molar-refractivity contribution in [2.45, 2.75) is 39.3 Å². The first kappa shape index (κ1) is 15.1. The van der Waals surface area contributed by atoms with Gasteiger partial charge in [-0.1, -0.05) is 18.2 Å². The average Bonchev–Trinajstić information content (AvgIpc) is 3.22. The average molecular weight is 324 g/mol. The van der Waals surface area contributed by atoms with Gasteiger partial charge in [0.1, 0.15) is 6.10 Å². The van der Waals surface area contributed by atoms with E-state index in [1.165, 1.54) is 0 Å². The van der Waals surface area contributed by atoms with Crippen molar-refractivity contribution in [3.05, 3.63) is 29.8 Å². The first-order valence-corrected chi connectivity index (χ1v) is 8.36. The smallest absolute Gasteiger partial charge is 0.254 e. The number of anilines is 1. The summed E-state index contributed by atoms with van der Waals surface area (Å²) in [5, 5.41) is 9.37. The minimum atomic E-state index is -0.373. The lowest BCUT2D eigenvalue weighted by Crippen LogP contribution is -2.27. The van der Waals surface area contributed by atoms with Gasteiger partial charge in [0.05, 0.1) is 10.9 Å². The van der Waals surface area contributed by atoms with Crippen molar-refractivity contribution < 1.29 is 9.53 Å². The third-order valence-corrected chi connectivity index (χ3v) is 4.51. The van der Waals surface area contributed by atoms with Gasteiger partial charge in [-0.25, -0.2) is 9.67 Å². The van der Waals surface area contributed by atoms with Crippen LogP contribution in [0.1, 0.15) is 25.3 Å². The van der Waals surface area contributed by atoms with Crippen molar-refractivity contribution in [2.24, 2.45) is 0 Å². The molecule has 1 aliphatic heterocycles. The Kier molecular flexibility index (Phi) is 3.69. The molecule has 0 radical (unpaired) electrons. The molecule has 1 aromatic carbocycles. The van der Waals surface area contributed by atoms with Crippen molar-refractivity contribution in [1.82, 2.24) is 14.8 Å². The molecule has 6 nitrogen and oxygen atoms in total. The molecule has 1 fully saturated rings. The zero-order chi connectivity index (χ0) is 16.7. The minimum absolute atomic E-state index is 0.125. The van der Waals surface area contributed by atoms with Crippen LogP contribution in [-0.4, -0.2) is 33.4 Å². The number of pyridine rings is 1. The third kappa shape index (κ3) is 2.43. The van der Waals surface area contributed by atoms with E-state index in [-0.39, 0.29) is 12.0 Å². The molecule has 0 saturated carbocycles. The van der Waals surface area contributed by atoms with Crippen LogP contribution < -0.4 is 5.32 Å². The monoisotopic (exact) mass is 324 g/mol. The van der Waals surface area contributed by atoms with Crippen LogP contribution >= 0.6 is 0 Å². The molecule has 1 saturated heterocycles. The van der Waals surface area contributed by atoms with Crippen LogP contribution in [0, 0.1) is 6.92 Å². The number of nitrogens with zero attached hydrogens (tertiary/aromatic N) is 3. The number of para-hydroxylation sites is 1. The first-order chi connectivity index (χ1) is 11.7. The number of fused-ring (bicyclic) bond motifs is 2. The molecule has 2 aromatic heterocycles. The zero-order valence-corrected chi connectivity index (χ0v) is 13.9. The van der Waals surface area contributed by atoms with Crippen molar-refractivity contribution in [2.75, 3.05) is 11.9 Å². The van der Waals surface area contributed by atoms with Gasteiger partial charge in [0.15, 0.2) is 11.5 Å². The van der Waals surface area contributed by atoms with Crippen LogP contribution in [0.3, 0.4) is 0 Å². The maximum atomic E-state index is 12.4. The van der Waals surface area contributed by atoms with Crippen LogP contribution in [0.25, 0.3) is 21.9 Å². The number of hydrogen-bond acceptors (Lipinski definition) is 4. The topological polar surface area (TPSA) is 69.0 Å². The summed E-state index contributed by atoms with van der Waals surface area (Å²) in [6.07, 6.45) is 1.31. The maximum absolute atomic E-state index is 12.4. The van der Waals surface area contributed by atoms with Crippen LogP contribution in [0.4, 0.5) is 5.82 Å². The number of hydrogen-bond donors (Lipinski definition) is 1. The van der Waals surface area contributed by atoms with Gasteiger partial charge in [-0.2, -0.15) is 5.10 Å². The quantitative estimate of drug-likeness (QED) is 0.804. The molecule has 0 bridgehead atoms. The molecule has 4 rings (SSSR count). The van der Waals surface area contributed by atoms with E-state index in [2.05, 4.69) is 16.5 Å². The maximum Gasteiger partial charge on any atom is 0.254 e. The number of amides is 1. The fraction of sp³-hybridized carbons (Fsp3) is 0.389. The van der Waals surface area contributed by atoms with Crippen molar-refractivity contribution in [1.29, 1.82) is 0 Å². The zero-order valence-electron chi connectivity index (χ0n) is 13.9. The highest BCUT2D eigenvalue weighted by atomic mass is 16.5. The molecule has 1 atom stereocenters. The normalized spacial score (nSPS) is 17.7. The molecular weight excluding hydrogens is 304 g/mol. The summed E-state index contributed by atoms with van der Waals surface area (Å²) in [5.41, 5.74) is 2.89. The van der Waals surface area contributed by atoms with Gasteiger partial charge < -0.3 is 10.1 Å². The van der Waals surface area contributed by atoms with E-state index in [9.17, 15) is 4.79 Å². The molecular formula is C18H20N4O2. The van der Waals surface area contributed by atoms with Gasteiger partial charge in [-0.15, -0.1) is 0 Å².